The van der Waals surface area contributed by atoms with Crippen molar-refractivity contribution in [2.45, 2.75) is 79.2 Å². The highest BCUT2D eigenvalue weighted by atomic mass is 16.5. The summed E-state index contributed by atoms with van der Waals surface area (Å²) in [6.45, 7) is 11.6. The van der Waals surface area contributed by atoms with E-state index in [2.05, 4.69) is 20.8 Å². The van der Waals surface area contributed by atoms with Crippen LogP contribution in [0.15, 0.2) is 30.3 Å². The van der Waals surface area contributed by atoms with Crippen LogP contribution in [-0.2, 0) is 4.74 Å². The first-order chi connectivity index (χ1) is 11.8. The van der Waals surface area contributed by atoms with Crippen LogP contribution >= 0.6 is 0 Å². The van der Waals surface area contributed by atoms with E-state index in [1.807, 2.05) is 44.2 Å². The Morgan fingerprint density at radius 1 is 1.00 bits per heavy atom. The molecule has 0 aromatic heterocycles. The number of benzene rings is 1. The van der Waals surface area contributed by atoms with E-state index in [0.29, 0.717) is 11.8 Å². The summed E-state index contributed by atoms with van der Waals surface area (Å²) in [6.07, 6.45) is 6.74. The van der Waals surface area contributed by atoms with Crippen LogP contribution in [0.1, 0.15) is 73.1 Å². The van der Waals surface area contributed by atoms with E-state index in [9.17, 15) is 0 Å². The second-order valence-corrected chi connectivity index (χ2v) is 8.22. The second kappa shape index (κ2) is 11.2. The summed E-state index contributed by atoms with van der Waals surface area (Å²) in [7, 11) is 0. The molecular formula is C22H37NO2. The standard InChI is InChI=1S/C22H37NO2/c1-18(2)25-21(23)17-19(22(3,4)5)13-9-6-7-12-16-24-20-14-10-8-11-15-20/h8,10-11,14-15,18-19,23H,6-7,9,12-13,16-17H2,1-5H3. The molecule has 3 nitrogen and oxygen atoms in total. The number of ether oxygens (including phenoxy) is 2. The summed E-state index contributed by atoms with van der Waals surface area (Å²) < 4.78 is 11.3. The Labute approximate surface area is 154 Å². The first-order valence-electron chi connectivity index (χ1n) is 9.71. The van der Waals surface area contributed by atoms with E-state index in [0.717, 1.165) is 31.6 Å². The first kappa shape index (κ1) is 21.5. The number of rotatable bonds is 11. The highest BCUT2D eigenvalue weighted by molar-refractivity contribution is 5.73. The number of unbranched alkanes of at least 4 members (excludes halogenated alkanes) is 3. The summed E-state index contributed by atoms with van der Waals surface area (Å²) in [5, 5.41) is 8.04. The molecule has 1 atom stereocenters. The molecule has 1 rings (SSSR count). The maximum atomic E-state index is 8.04. The highest BCUT2D eigenvalue weighted by Gasteiger charge is 2.26. The van der Waals surface area contributed by atoms with Crippen molar-refractivity contribution in [3.63, 3.8) is 0 Å². The molecule has 1 N–H and O–H groups in total. The van der Waals surface area contributed by atoms with Crippen molar-refractivity contribution in [1.82, 2.24) is 0 Å². The first-order valence-corrected chi connectivity index (χ1v) is 9.71. The van der Waals surface area contributed by atoms with Gasteiger partial charge in [0.25, 0.3) is 0 Å². The van der Waals surface area contributed by atoms with Gasteiger partial charge in [-0.2, -0.15) is 0 Å². The van der Waals surface area contributed by atoms with Crippen LogP contribution in [0, 0.1) is 16.7 Å². The lowest BCUT2D eigenvalue weighted by Gasteiger charge is -2.31. The van der Waals surface area contributed by atoms with Crippen LogP contribution in [-0.4, -0.2) is 18.6 Å². The fraction of sp³-hybridized carbons (Fsp3) is 0.682. The van der Waals surface area contributed by atoms with Gasteiger partial charge in [0, 0.05) is 6.42 Å². The molecule has 1 aromatic rings. The number of hydrogen-bond acceptors (Lipinski definition) is 3. The van der Waals surface area contributed by atoms with Gasteiger partial charge in [0.2, 0.25) is 0 Å². The predicted octanol–water partition coefficient (Wildman–Crippen LogP) is 6.47. The summed E-state index contributed by atoms with van der Waals surface area (Å²) in [4.78, 5) is 0. The molecule has 0 fully saturated rings. The predicted molar refractivity (Wildman–Crippen MR) is 107 cm³/mol. The third kappa shape index (κ3) is 10.2. The van der Waals surface area contributed by atoms with Crippen molar-refractivity contribution in [2.75, 3.05) is 6.61 Å². The molecule has 1 aromatic carbocycles. The smallest absolute Gasteiger partial charge is 0.180 e. The van der Waals surface area contributed by atoms with Gasteiger partial charge in [-0.25, -0.2) is 0 Å². The van der Waals surface area contributed by atoms with Gasteiger partial charge < -0.3 is 9.47 Å². The van der Waals surface area contributed by atoms with E-state index < -0.39 is 0 Å². The molecule has 0 aliphatic heterocycles. The van der Waals surface area contributed by atoms with Crippen molar-refractivity contribution in [1.29, 1.82) is 5.41 Å². The topological polar surface area (TPSA) is 42.3 Å². The largest absolute Gasteiger partial charge is 0.494 e. The van der Waals surface area contributed by atoms with Crippen LogP contribution in [0.5, 0.6) is 5.75 Å². The molecule has 0 saturated carbocycles. The van der Waals surface area contributed by atoms with Gasteiger partial charge in [-0.15, -0.1) is 0 Å². The van der Waals surface area contributed by atoms with Gasteiger partial charge in [-0.1, -0.05) is 58.2 Å². The monoisotopic (exact) mass is 347 g/mol. The lowest BCUT2D eigenvalue weighted by molar-refractivity contribution is 0.181. The van der Waals surface area contributed by atoms with Crippen molar-refractivity contribution < 1.29 is 9.47 Å². The normalized spacial score (nSPS) is 12.9. The van der Waals surface area contributed by atoms with Crippen LogP contribution < -0.4 is 4.74 Å². The van der Waals surface area contributed by atoms with Gasteiger partial charge in [0.1, 0.15) is 5.75 Å². The third-order valence-electron chi connectivity index (χ3n) is 4.49. The summed E-state index contributed by atoms with van der Waals surface area (Å²) in [5.74, 6) is 1.89. The fourth-order valence-corrected chi connectivity index (χ4v) is 2.95. The molecule has 0 aliphatic carbocycles. The summed E-state index contributed by atoms with van der Waals surface area (Å²) in [5.41, 5.74) is 0.211. The number of para-hydroxylation sites is 1. The Morgan fingerprint density at radius 3 is 2.24 bits per heavy atom. The SMILES string of the molecule is CC(C)OC(=N)CC(CCCCCCOc1ccccc1)C(C)(C)C. The van der Waals surface area contributed by atoms with Crippen LogP contribution in [0.3, 0.4) is 0 Å². The Hall–Kier alpha value is -1.51. The van der Waals surface area contributed by atoms with Crippen LogP contribution in [0.2, 0.25) is 0 Å². The van der Waals surface area contributed by atoms with Crippen molar-refractivity contribution >= 4 is 5.90 Å². The minimum absolute atomic E-state index is 0.0951. The lowest BCUT2D eigenvalue weighted by atomic mass is 9.76. The van der Waals surface area contributed by atoms with Gasteiger partial charge in [0.15, 0.2) is 5.90 Å². The molecule has 0 saturated heterocycles. The Bertz CT molecular complexity index is 477. The number of hydrogen-bond donors (Lipinski definition) is 1. The van der Waals surface area contributed by atoms with Crippen molar-refractivity contribution in [3.05, 3.63) is 30.3 Å². The van der Waals surface area contributed by atoms with E-state index in [4.69, 9.17) is 14.9 Å². The van der Waals surface area contributed by atoms with Crippen molar-refractivity contribution in [3.8, 4) is 5.75 Å². The minimum atomic E-state index is 0.0951. The van der Waals surface area contributed by atoms with Crippen LogP contribution in [0.25, 0.3) is 0 Å². The molecule has 0 heterocycles. The van der Waals surface area contributed by atoms with E-state index >= 15 is 0 Å². The average molecular weight is 348 g/mol. The van der Waals surface area contributed by atoms with Crippen molar-refractivity contribution in [2.24, 2.45) is 11.3 Å². The zero-order valence-electron chi connectivity index (χ0n) is 16.8. The Kier molecular flexibility index (Phi) is 9.62. The molecule has 0 bridgehead atoms. The highest BCUT2D eigenvalue weighted by Crippen LogP contribution is 2.33. The van der Waals surface area contributed by atoms with E-state index in [1.165, 1.54) is 19.3 Å². The minimum Gasteiger partial charge on any atom is -0.494 e. The third-order valence-corrected chi connectivity index (χ3v) is 4.49. The second-order valence-electron chi connectivity index (χ2n) is 8.22. The molecule has 142 valence electrons. The molecule has 1 unspecified atom stereocenters. The summed E-state index contributed by atoms with van der Waals surface area (Å²) in [6, 6.07) is 10.0. The van der Waals surface area contributed by atoms with Gasteiger partial charge in [-0.3, -0.25) is 5.41 Å². The maximum Gasteiger partial charge on any atom is 0.180 e. The maximum absolute atomic E-state index is 8.04. The summed E-state index contributed by atoms with van der Waals surface area (Å²) >= 11 is 0. The molecule has 0 aliphatic rings. The lowest BCUT2D eigenvalue weighted by Crippen LogP contribution is -2.25. The zero-order valence-corrected chi connectivity index (χ0v) is 16.8. The van der Waals surface area contributed by atoms with E-state index in [1.54, 1.807) is 0 Å². The van der Waals surface area contributed by atoms with Gasteiger partial charge >= 0.3 is 0 Å². The molecule has 0 amide bonds. The average Bonchev–Trinajstić information content (AvgIpc) is 2.52. The number of nitrogens with one attached hydrogen (secondary N) is 1. The molecular weight excluding hydrogens is 310 g/mol. The van der Waals surface area contributed by atoms with Gasteiger partial charge in [0.05, 0.1) is 12.7 Å². The van der Waals surface area contributed by atoms with E-state index in [-0.39, 0.29) is 11.5 Å². The van der Waals surface area contributed by atoms with Crippen LogP contribution in [0.4, 0.5) is 0 Å². The fourth-order valence-electron chi connectivity index (χ4n) is 2.95. The molecule has 25 heavy (non-hydrogen) atoms. The quantitative estimate of drug-likeness (QED) is 0.283. The molecule has 0 radical (unpaired) electrons. The zero-order chi connectivity index (χ0) is 18.7. The van der Waals surface area contributed by atoms with Gasteiger partial charge in [-0.05, 0) is 50.2 Å². The Balaban J connectivity index is 2.20. The Morgan fingerprint density at radius 2 is 1.64 bits per heavy atom. The molecule has 3 heteroatoms. The molecule has 0 spiro atoms.